The average molecular weight is 672 g/mol. The van der Waals surface area contributed by atoms with Crippen LogP contribution in [0.5, 0.6) is 5.75 Å². The van der Waals surface area contributed by atoms with Gasteiger partial charge in [-0.2, -0.15) is 0 Å². The van der Waals surface area contributed by atoms with E-state index in [1.165, 1.54) is 23.1 Å². The summed E-state index contributed by atoms with van der Waals surface area (Å²) in [4.78, 5) is 30.1. The molecule has 8 nitrogen and oxygen atoms in total. The molecule has 48 heavy (non-hydrogen) atoms. The van der Waals surface area contributed by atoms with Crippen LogP contribution in [0.25, 0.3) is 0 Å². The van der Waals surface area contributed by atoms with E-state index in [-0.39, 0.29) is 53.4 Å². The number of para-hydroxylation sites is 2. The van der Waals surface area contributed by atoms with Crippen molar-refractivity contribution in [3.63, 3.8) is 0 Å². The first-order valence-corrected chi connectivity index (χ1v) is 17.8. The molecule has 252 valence electrons. The first kappa shape index (κ1) is 34.6. The zero-order valence-corrected chi connectivity index (χ0v) is 28.2. The quantitative estimate of drug-likeness (QED) is 0.167. The maximum Gasteiger partial charge on any atom is 0.264 e. The van der Waals surface area contributed by atoms with E-state index in [4.69, 9.17) is 4.74 Å². The summed E-state index contributed by atoms with van der Waals surface area (Å²) in [7, 11) is -4.31. The van der Waals surface area contributed by atoms with Crippen LogP contribution in [0.15, 0.2) is 108 Å². The lowest BCUT2D eigenvalue weighted by Gasteiger charge is -2.34. The summed E-state index contributed by atoms with van der Waals surface area (Å²) in [5, 5.41) is 3.13. The molecule has 4 aromatic rings. The van der Waals surface area contributed by atoms with Crippen LogP contribution in [-0.2, 0) is 32.6 Å². The van der Waals surface area contributed by atoms with E-state index < -0.39 is 34.3 Å². The number of carbonyl (C=O) groups excluding carboxylic acids is 2. The van der Waals surface area contributed by atoms with Gasteiger partial charge < -0.3 is 15.0 Å². The van der Waals surface area contributed by atoms with Crippen molar-refractivity contribution < 1.29 is 27.1 Å². The van der Waals surface area contributed by atoms with Crippen molar-refractivity contribution >= 4 is 27.5 Å². The number of hydrogen-bond acceptors (Lipinski definition) is 5. The molecule has 0 saturated heterocycles. The molecule has 0 heterocycles. The number of ether oxygens (including phenoxy) is 1. The smallest absolute Gasteiger partial charge is 0.264 e. The monoisotopic (exact) mass is 671 g/mol. The Balaban J connectivity index is 1.60. The highest BCUT2D eigenvalue weighted by Gasteiger charge is 2.36. The van der Waals surface area contributed by atoms with Crippen molar-refractivity contribution in [3.8, 4) is 5.75 Å². The number of carbonyl (C=O) groups is 2. The maximum atomic E-state index is 15.2. The standard InChI is InChI=1S/C38H42FN3O5S/c1-3-47-36-20-12-11-19-34(36)42(48(45,46)32-23-21-28(2)22-24-32)27-37(43)41(26-30-15-7-10-18-33(30)39)35(25-29-13-5-4-6-14-29)38(44)40-31-16-8-9-17-31/h4-7,10-15,18-24,31,35H,3,8-9,16-17,25-27H2,1-2H3,(H,40,44). The van der Waals surface area contributed by atoms with Crippen LogP contribution in [0.2, 0.25) is 0 Å². The van der Waals surface area contributed by atoms with Crippen molar-refractivity contribution in [2.45, 2.75) is 69.5 Å². The van der Waals surface area contributed by atoms with Crippen molar-refractivity contribution in [1.29, 1.82) is 0 Å². The molecule has 5 rings (SSSR count). The van der Waals surface area contributed by atoms with Gasteiger partial charge in [0.1, 0.15) is 24.2 Å². The van der Waals surface area contributed by atoms with Gasteiger partial charge in [0.25, 0.3) is 10.0 Å². The third kappa shape index (κ3) is 8.41. The van der Waals surface area contributed by atoms with Crippen LogP contribution in [0.1, 0.15) is 49.3 Å². The van der Waals surface area contributed by atoms with Crippen LogP contribution < -0.4 is 14.4 Å². The van der Waals surface area contributed by atoms with Crippen molar-refractivity contribution in [3.05, 3.63) is 126 Å². The molecule has 10 heteroatoms. The Kier molecular flexibility index (Phi) is 11.5. The van der Waals surface area contributed by atoms with E-state index >= 15 is 4.39 Å². The molecule has 0 radical (unpaired) electrons. The second-order valence-electron chi connectivity index (χ2n) is 12.0. The number of amides is 2. The fourth-order valence-electron chi connectivity index (χ4n) is 6.02. The number of hydrogen-bond donors (Lipinski definition) is 1. The van der Waals surface area contributed by atoms with Gasteiger partial charge in [-0.05, 0) is 62.6 Å². The van der Waals surface area contributed by atoms with Crippen molar-refractivity contribution in [2.24, 2.45) is 0 Å². The zero-order chi connectivity index (χ0) is 34.1. The summed E-state index contributed by atoms with van der Waals surface area (Å²) in [5.41, 5.74) is 2.06. The van der Waals surface area contributed by atoms with Gasteiger partial charge in [0.2, 0.25) is 11.8 Å². The topological polar surface area (TPSA) is 96.0 Å². The number of nitrogens with zero attached hydrogens (tertiary/aromatic N) is 2. The van der Waals surface area contributed by atoms with E-state index in [0.29, 0.717) is 0 Å². The highest BCUT2D eigenvalue weighted by molar-refractivity contribution is 7.92. The normalized spacial score (nSPS) is 13.9. The van der Waals surface area contributed by atoms with Crippen molar-refractivity contribution in [2.75, 3.05) is 17.5 Å². The second-order valence-corrected chi connectivity index (χ2v) is 13.9. The lowest BCUT2D eigenvalue weighted by molar-refractivity contribution is -0.140. The molecule has 1 N–H and O–H groups in total. The molecule has 1 fully saturated rings. The van der Waals surface area contributed by atoms with E-state index in [1.54, 1.807) is 61.5 Å². The first-order chi connectivity index (χ1) is 23.2. The van der Waals surface area contributed by atoms with Gasteiger partial charge in [-0.1, -0.05) is 91.2 Å². The number of halogens is 1. The SMILES string of the molecule is CCOc1ccccc1N(CC(=O)N(Cc1ccccc1F)C(Cc1ccccc1)C(=O)NC1CCCC1)S(=O)(=O)c1ccc(C)cc1. The van der Waals surface area contributed by atoms with Gasteiger partial charge in [-0.25, -0.2) is 12.8 Å². The third-order valence-electron chi connectivity index (χ3n) is 8.59. The third-order valence-corrected chi connectivity index (χ3v) is 10.4. The van der Waals surface area contributed by atoms with Crippen LogP contribution in [0, 0.1) is 12.7 Å². The molecule has 1 atom stereocenters. The molecule has 1 aliphatic rings. The molecule has 1 unspecified atom stereocenters. The average Bonchev–Trinajstić information content (AvgIpc) is 3.60. The lowest BCUT2D eigenvalue weighted by Crippen LogP contribution is -2.54. The Morgan fingerprint density at radius 3 is 2.23 bits per heavy atom. The number of rotatable bonds is 14. The Hall–Kier alpha value is -4.70. The molecule has 2 amide bonds. The summed E-state index contributed by atoms with van der Waals surface area (Å²) in [6.45, 7) is 3.01. The van der Waals surface area contributed by atoms with Gasteiger partial charge >= 0.3 is 0 Å². The molecule has 0 bridgehead atoms. The minimum Gasteiger partial charge on any atom is -0.492 e. The second kappa shape index (κ2) is 15.9. The van der Waals surface area contributed by atoms with Gasteiger partial charge in [-0.15, -0.1) is 0 Å². The Morgan fingerprint density at radius 2 is 1.54 bits per heavy atom. The largest absolute Gasteiger partial charge is 0.492 e. The summed E-state index contributed by atoms with van der Waals surface area (Å²) >= 11 is 0. The van der Waals surface area contributed by atoms with E-state index in [9.17, 15) is 18.0 Å². The summed E-state index contributed by atoms with van der Waals surface area (Å²) in [6, 6.07) is 27.3. The Morgan fingerprint density at radius 1 is 0.896 bits per heavy atom. The Labute approximate surface area is 282 Å². The van der Waals surface area contributed by atoms with E-state index in [0.717, 1.165) is 41.1 Å². The fraction of sp³-hybridized carbons (Fsp3) is 0.316. The minimum atomic E-state index is -4.31. The zero-order valence-electron chi connectivity index (χ0n) is 27.3. The highest BCUT2D eigenvalue weighted by Crippen LogP contribution is 2.33. The molecule has 0 aliphatic heterocycles. The van der Waals surface area contributed by atoms with Crippen molar-refractivity contribution in [1.82, 2.24) is 10.2 Å². The molecular formula is C38H42FN3O5S. The molecular weight excluding hydrogens is 629 g/mol. The molecule has 0 aromatic heterocycles. The van der Waals surface area contributed by atoms with Gasteiger partial charge in [0, 0.05) is 24.6 Å². The van der Waals surface area contributed by atoms with Gasteiger partial charge in [-0.3, -0.25) is 13.9 Å². The lowest BCUT2D eigenvalue weighted by atomic mass is 10.0. The van der Waals surface area contributed by atoms with E-state index in [2.05, 4.69) is 5.32 Å². The number of benzene rings is 4. The summed E-state index contributed by atoms with van der Waals surface area (Å²) in [6.07, 6.45) is 3.82. The molecule has 1 aliphatic carbocycles. The number of sulfonamides is 1. The van der Waals surface area contributed by atoms with Gasteiger partial charge in [0.15, 0.2) is 0 Å². The van der Waals surface area contributed by atoms with Gasteiger partial charge in [0.05, 0.1) is 17.2 Å². The van der Waals surface area contributed by atoms with Crippen LogP contribution >= 0.6 is 0 Å². The van der Waals surface area contributed by atoms with Crippen LogP contribution in [0.3, 0.4) is 0 Å². The van der Waals surface area contributed by atoms with E-state index in [1.807, 2.05) is 37.3 Å². The number of anilines is 1. The summed E-state index contributed by atoms with van der Waals surface area (Å²) < 4.78 is 50.7. The molecule has 0 spiro atoms. The number of aryl methyl sites for hydroxylation is 1. The first-order valence-electron chi connectivity index (χ1n) is 16.4. The predicted octanol–water partition coefficient (Wildman–Crippen LogP) is 6.43. The van der Waals surface area contributed by atoms with Crippen LogP contribution in [0.4, 0.5) is 10.1 Å². The Bertz CT molecular complexity index is 1790. The number of nitrogens with one attached hydrogen (secondary N) is 1. The minimum absolute atomic E-state index is 0.00679. The molecule has 4 aromatic carbocycles. The highest BCUT2D eigenvalue weighted by atomic mass is 32.2. The molecule has 1 saturated carbocycles. The summed E-state index contributed by atoms with van der Waals surface area (Å²) in [5.74, 6) is -1.28. The maximum absolute atomic E-state index is 15.2. The van der Waals surface area contributed by atoms with Crippen LogP contribution in [-0.4, -0.2) is 50.4 Å². The fourth-order valence-corrected chi connectivity index (χ4v) is 7.45. The predicted molar refractivity (Wildman–Crippen MR) is 185 cm³/mol.